The van der Waals surface area contributed by atoms with Crippen molar-refractivity contribution in [3.8, 4) is 0 Å². The molecule has 0 spiro atoms. The second-order valence-corrected chi connectivity index (χ2v) is 8.65. The molecule has 1 aromatic carbocycles. The first-order valence-corrected chi connectivity index (χ1v) is 11.8. The number of anilines is 1. The largest absolute Gasteiger partial charge is 0.466 e. The van der Waals surface area contributed by atoms with E-state index in [1.165, 1.54) is 23.1 Å². The van der Waals surface area contributed by atoms with E-state index in [1.807, 2.05) is 13.0 Å². The minimum Gasteiger partial charge on any atom is -0.466 e. The number of thiazole rings is 1. The number of carbonyl (C=O) groups excluding carboxylic acids is 2. The smallest absolute Gasteiger partial charge is 0.311 e. The van der Waals surface area contributed by atoms with Gasteiger partial charge in [-0.3, -0.25) is 19.0 Å². The van der Waals surface area contributed by atoms with Gasteiger partial charge in [-0.1, -0.05) is 23.9 Å². The second-order valence-electron chi connectivity index (χ2n) is 6.85. The zero-order valence-electron chi connectivity index (χ0n) is 18.0. The van der Waals surface area contributed by atoms with Crippen molar-refractivity contribution in [3.05, 3.63) is 45.7 Å². The van der Waals surface area contributed by atoms with E-state index in [0.717, 1.165) is 0 Å². The lowest BCUT2D eigenvalue weighted by atomic mass is 10.2. The molecule has 0 aliphatic carbocycles. The molecule has 0 aliphatic rings. The van der Waals surface area contributed by atoms with Crippen molar-refractivity contribution in [1.82, 2.24) is 14.5 Å². The third-order valence-electron chi connectivity index (χ3n) is 4.39. The Morgan fingerprint density at radius 3 is 2.81 bits per heavy atom. The predicted octanol–water partition coefficient (Wildman–Crippen LogP) is 2.90. The van der Waals surface area contributed by atoms with Gasteiger partial charge in [0.05, 0.1) is 48.0 Å². The quantitative estimate of drug-likeness (QED) is 0.270. The molecule has 0 aliphatic heterocycles. The maximum atomic E-state index is 13.0. The lowest BCUT2D eigenvalue weighted by Crippen LogP contribution is -2.29. The fourth-order valence-corrected chi connectivity index (χ4v) is 4.65. The van der Waals surface area contributed by atoms with E-state index in [1.54, 1.807) is 42.2 Å². The third-order valence-corrected chi connectivity index (χ3v) is 6.14. The number of benzene rings is 1. The number of ether oxygens (including phenoxy) is 2. The van der Waals surface area contributed by atoms with E-state index in [9.17, 15) is 14.4 Å². The van der Waals surface area contributed by atoms with Gasteiger partial charge in [0, 0.05) is 12.5 Å². The molecule has 3 aromatic rings. The van der Waals surface area contributed by atoms with E-state index in [2.05, 4.69) is 15.3 Å². The average molecular weight is 477 g/mol. The fraction of sp³-hybridized carbons (Fsp3) is 0.381. The zero-order valence-corrected chi connectivity index (χ0v) is 19.6. The topological polar surface area (TPSA) is 112 Å². The maximum absolute atomic E-state index is 13.0. The fourth-order valence-electron chi connectivity index (χ4n) is 3.02. The SMILES string of the molecule is CCOC(=O)Cc1csc(NC(=O)CSc2nc3ccccc3c(=O)n2C(C)COC)n1. The standard InChI is InChI=1S/C21H24N4O5S2/c1-4-30-18(27)9-14-11-31-20(22-14)24-17(26)12-32-21-23-16-8-6-5-7-15(16)19(28)25(21)13(2)10-29-3/h5-8,11,13H,4,9-10,12H2,1-3H3,(H,22,24,26). The van der Waals surface area contributed by atoms with Gasteiger partial charge in [0.1, 0.15) is 0 Å². The number of hydrogen-bond acceptors (Lipinski definition) is 9. The molecule has 32 heavy (non-hydrogen) atoms. The molecule has 170 valence electrons. The highest BCUT2D eigenvalue weighted by atomic mass is 32.2. The van der Waals surface area contributed by atoms with E-state index in [0.29, 0.717) is 40.1 Å². The molecule has 0 saturated carbocycles. The molecule has 9 nitrogen and oxygen atoms in total. The van der Waals surface area contributed by atoms with E-state index < -0.39 is 0 Å². The number of hydrogen-bond donors (Lipinski definition) is 1. The number of esters is 1. The molecule has 1 unspecified atom stereocenters. The number of fused-ring (bicyclic) bond motifs is 1. The number of carbonyl (C=O) groups is 2. The lowest BCUT2D eigenvalue weighted by molar-refractivity contribution is -0.142. The van der Waals surface area contributed by atoms with Crippen LogP contribution in [0.1, 0.15) is 25.6 Å². The van der Waals surface area contributed by atoms with Crippen LogP contribution in [0, 0.1) is 0 Å². The van der Waals surface area contributed by atoms with Gasteiger partial charge in [-0.2, -0.15) is 0 Å². The Hall–Kier alpha value is -2.76. The molecule has 1 atom stereocenters. The van der Waals surface area contributed by atoms with Gasteiger partial charge in [0.2, 0.25) is 5.91 Å². The highest BCUT2D eigenvalue weighted by Crippen LogP contribution is 2.22. The van der Waals surface area contributed by atoms with E-state index >= 15 is 0 Å². The Morgan fingerprint density at radius 1 is 1.28 bits per heavy atom. The molecule has 2 aromatic heterocycles. The van der Waals surface area contributed by atoms with Gasteiger partial charge in [0.25, 0.3) is 5.56 Å². The average Bonchev–Trinajstić information content (AvgIpc) is 3.19. The van der Waals surface area contributed by atoms with Crippen molar-refractivity contribution in [3.63, 3.8) is 0 Å². The van der Waals surface area contributed by atoms with Gasteiger partial charge in [-0.05, 0) is 26.0 Å². The summed E-state index contributed by atoms with van der Waals surface area (Å²) in [5, 5.41) is 5.77. The second kappa shape index (κ2) is 11.2. The zero-order chi connectivity index (χ0) is 23.1. The first-order valence-electron chi connectivity index (χ1n) is 9.95. The molecule has 1 amide bonds. The number of para-hydroxylation sites is 1. The Bertz CT molecular complexity index is 1160. The van der Waals surface area contributed by atoms with Crippen LogP contribution in [-0.4, -0.2) is 52.5 Å². The molecule has 0 fully saturated rings. The van der Waals surface area contributed by atoms with Crippen LogP contribution in [0.2, 0.25) is 0 Å². The molecule has 3 rings (SSSR count). The van der Waals surface area contributed by atoms with Crippen LogP contribution in [0.25, 0.3) is 10.9 Å². The summed E-state index contributed by atoms with van der Waals surface area (Å²) in [5.74, 6) is -0.616. The Kier molecular flexibility index (Phi) is 8.37. The molecule has 0 saturated heterocycles. The molecular weight excluding hydrogens is 452 g/mol. The van der Waals surface area contributed by atoms with Crippen LogP contribution in [0.3, 0.4) is 0 Å². The van der Waals surface area contributed by atoms with Crippen LogP contribution >= 0.6 is 23.1 Å². The molecule has 1 N–H and O–H groups in total. The van der Waals surface area contributed by atoms with Crippen molar-refractivity contribution < 1.29 is 19.1 Å². The summed E-state index contributed by atoms with van der Waals surface area (Å²) in [6, 6.07) is 6.86. The lowest BCUT2D eigenvalue weighted by Gasteiger charge is -2.18. The number of amides is 1. The van der Waals surface area contributed by atoms with Gasteiger partial charge < -0.3 is 14.8 Å². The third kappa shape index (κ3) is 5.93. The monoisotopic (exact) mass is 476 g/mol. The summed E-state index contributed by atoms with van der Waals surface area (Å²) in [5.41, 5.74) is 0.936. The van der Waals surface area contributed by atoms with Crippen LogP contribution in [0.15, 0.2) is 39.6 Å². The Labute approximate surface area is 193 Å². The molecule has 2 heterocycles. The van der Waals surface area contributed by atoms with Gasteiger partial charge in [-0.15, -0.1) is 11.3 Å². The van der Waals surface area contributed by atoms with Crippen molar-refractivity contribution >= 4 is 51.0 Å². The molecule has 0 radical (unpaired) electrons. The van der Waals surface area contributed by atoms with Crippen LogP contribution in [0.5, 0.6) is 0 Å². The number of nitrogens with zero attached hydrogens (tertiary/aromatic N) is 3. The highest BCUT2D eigenvalue weighted by molar-refractivity contribution is 7.99. The minimum absolute atomic E-state index is 0.0390. The van der Waals surface area contributed by atoms with Crippen molar-refractivity contribution in [1.29, 1.82) is 0 Å². The summed E-state index contributed by atoms with van der Waals surface area (Å²) in [6.45, 7) is 4.25. The maximum Gasteiger partial charge on any atom is 0.311 e. The van der Waals surface area contributed by atoms with Crippen molar-refractivity contribution in [2.24, 2.45) is 0 Å². The number of aromatic nitrogens is 3. The normalized spacial score (nSPS) is 12.0. The summed E-state index contributed by atoms with van der Waals surface area (Å²) in [7, 11) is 1.57. The number of nitrogens with one attached hydrogen (secondary N) is 1. The Balaban J connectivity index is 1.72. The van der Waals surface area contributed by atoms with E-state index in [4.69, 9.17) is 9.47 Å². The van der Waals surface area contributed by atoms with Crippen molar-refractivity contribution in [2.75, 3.05) is 31.4 Å². The number of thioether (sulfide) groups is 1. The number of rotatable bonds is 10. The summed E-state index contributed by atoms with van der Waals surface area (Å²) < 4.78 is 11.7. The summed E-state index contributed by atoms with van der Waals surface area (Å²) >= 11 is 2.40. The summed E-state index contributed by atoms with van der Waals surface area (Å²) in [4.78, 5) is 45.9. The first kappa shape index (κ1) is 23.9. The Morgan fingerprint density at radius 2 is 2.06 bits per heavy atom. The first-order chi connectivity index (χ1) is 15.4. The van der Waals surface area contributed by atoms with Gasteiger partial charge in [0.15, 0.2) is 10.3 Å². The molecule has 0 bridgehead atoms. The molecular formula is C21H24N4O5S2. The van der Waals surface area contributed by atoms with E-state index in [-0.39, 0.29) is 35.7 Å². The number of methoxy groups -OCH3 is 1. The van der Waals surface area contributed by atoms with Gasteiger partial charge >= 0.3 is 5.97 Å². The van der Waals surface area contributed by atoms with Gasteiger partial charge in [-0.25, -0.2) is 9.97 Å². The van der Waals surface area contributed by atoms with Crippen LogP contribution < -0.4 is 10.9 Å². The minimum atomic E-state index is -0.364. The summed E-state index contributed by atoms with van der Waals surface area (Å²) in [6.07, 6.45) is 0.0552. The van der Waals surface area contributed by atoms with Crippen molar-refractivity contribution in [2.45, 2.75) is 31.5 Å². The molecule has 11 heteroatoms. The highest BCUT2D eigenvalue weighted by Gasteiger charge is 2.18. The van der Waals surface area contributed by atoms with Crippen LogP contribution in [-0.2, 0) is 25.5 Å². The predicted molar refractivity (Wildman–Crippen MR) is 124 cm³/mol. The van der Waals surface area contributed by atoms with Crippen LogP contribution in [0.4, 0.5) is 5.13 Å².